The van der Waals surface area contributed by atoms with Gasteiger partial charge in [0.25, 0.3) is 0 Å². The molecule has 0 aliphatic heterocycles. The van der Waals surface area contributed by atoms with Crippen LogP contribution in [0.15, 0.2) is 0 Å². The van der Waals surface area contributed by atoms with Gasteiger partial charge < -0.3 is 0 Å². The molecule has 0 heterocycles. The molecule has 0 amide bonds. The highest BCUT2D eigenvalue weighted by Crippen LogP contribution is 2.61. The zero-order valence-electron chi connectivity index (χ0n) is 21.4. The molecule has 0 N–H and O–H groups in total. The van der Waals surface area contributed by atoms with E-state index in [1.54, 1.807) is 0 Å². The van der Waals surface area contributed by atoms with Crippen LogP contribution in [0.4, 0.5) is 123 Å². The molecular formula is C16H8F28O4. The summed E-state index contributed by atoms with van der Waals surface area (Å²) >= 11 is 0. The Labute approximate surface area is 242 Å². The highest BCUT2D eigenvalue weighted by molar-refractivity contribution is 5.02. The fourth-order valence-corrected chi connectivity index (χ4v) is 2.01. The van der Waals surface area contributed by atoms with Crippen molar-refractivity contribution < 1.29 is 142 Å². The van der Waals surface area contributed by atoms with E-state index in [-0.39, 0.29) is 0 Å². The standard InChI is InChI=1S/C15H5F27O4.CH3F/c1-3(17,18)11(33,34)46-15(41,42)8(26,10(30,31)32)45-13(37,38)6(23,24)5(21,22)12(35,36)44-7(25,9(27,28)29)14(39,40)43-4(19,20)2-16;1-2/h2H2,1H3;1H3. The van der Waals surface area contributed by atoms with Crippen LogP contribution in [0, 0.1) is 0 Å². The van der Waals surface area contributed by atoms with E-state index in [1.807, 2.05) is 0 Å². The third-order valence-electron chi connectivity index (χ3n) is 4.34. The largest absolute Gasteiger partial charge is 0.458 e. The number of alkyl halides is 28. The van der Waals surface area contributed by atoms with E-state index in [2.05, 4.69) is 0 Å². The summed E-state index contributed by atoms with van der Waals surface area (Å²) in [6, 6.07) is 0. The minimum absolute atomic E-state index is 0.500. The predicted octanol–water partition coefficient (Wildman–Crippen LogP) is 9.55. The molecule has 292 valence electrons. The van der Waals surface area contributed by atoms with Crippen LogP contribution in [0.25, 0.3) is 0 Å². The summed E-state index contributed by atoms with van der Waals surface area (Å²) in [6.45, 7) is -5.01. The smallest absolute Gasteiger partial charge is 0.262 e. The van der Waals surface area contributed by atoms with Crippen LogP contribution < -0.4 is 0 Å². The van der Waals surface area contributed by atoms with E-state index < -0.39 is 92.1 Å². The molecule has 0 bridgehead atoms. The molecule has 0 fully saturated rings. The molecule has 0 aromatic heterocycles. The fourth-order valence-electron chi connectivity index (χ4n) is 2.01. The van der Waals surface area contributed by atoms with Gasteiger partial charge in [-0.05, 0) is 0 Å². The number of halogens is 28. The first kappa shape index (κ1) is 48.0. The van der Waals surface area contributed by atoms with E-state index in [4.69, 9.17) is 0 Å². The highest BCUT2D eigenvalue weighted by atomic mass is 19.4. The van der Waals surface area contributed by atoms with Crippen LogP contribution in [0.2, 0.25) is 0 Å². The van der Waals surface area contributed by atoms with Crippen molar-refractivity contribution in [2.75, 3.05) is 13.9 Å². The van der Waals surface area contributed by atoms with Crippen LogP contribution in [0.1, 0.15) is 6.92 Å². The van der Waals surface area contributed by atoms with Gasteiger partial charge in [0.05, 0.1) is 7.18 Å². The van der Waals surface area contributed by atoms with Crippen LogP contribution in [-0.4, -0.2) is 92.3 Å². The molecule has 0 radical (unpaired) electrons. The number of hydrogen-bond donors (Lipinski definition) is 0. The van der Waals surface area contributed by atoms with Crippen molar-refractivity contribution in [3.05, 3.63) is 0 Å². The zero-order valence-corrected chi connectivity index (χ0v) is 21.4. The van der Waals surface area contributed by atoms with E-state index in [0.29, 0.717) is 7.18 Å². The van der Waals surface area contributed by atoms with Crippen molar-refractivity contribution in [2.45, 2.75) is 85.4 Å². The average Bonchev–Trinajstić information content (AvgIpc) is 2.80. The Morgan fingerprint density at radius 2 is 0.604 bits per heavy atom. The first-order valence-electron chi connectivity index (χ1n) is 10.0. The maximum absolute atomic E-state index is 14.0. The van der Waals surface area contributed by atoms with Crippen LogP contribution in [0.5, 0.6) is 0 Å². The predicted molar refractivity (Wildman–Crippen MR) is 87.3 cm³/mol. The lowest BCUT2D eigenvalue weighted by Crippen LogP contribution is -2.71. The van der Waals surface area contributed by atoms with Gasteiger partial charge in [0.15, 0.2) is 6.67 Å². The van der Waals surface area contributed by atoms with Gasteiger partial charge in [-0.15, -0.1) is 0 Å². The van der Waals surface area contributed by atoms with Gasteiger partial charge in [-0.2, -0.15) is 114 Å². The fraction of sp³-hybridized carbons (Fsp3) is 1.00. The third kappa shape index (κ3) is 8.60. The lowest BCUT2D eigenvalue weighted by atomic mass is 10.1. The topological polar surface area (TPSA) is 36.9 Å². The molecule has 0 rings (SSSR count). The third-order valence-corrected chi connectivity index (χ3v) is 4.34. The van der Waals surface area contributed by atoms with E-state index >= 15 is 0 Å². The molecule has 0 aliphatic carbocycles. The van der Waals surface area contributed by atoms with Crippen LogP contribution in [0.3, 0.4) is 0 Å². The summed E-state index contributed by atoms with van der Waals surface area (Å²) in [6.07, 6.45) is -64.4. The van der Waals surface area contributed by atoms with E-state index in [1.165, 1.54) is 9.47 Å². The van der Waals surface area contributed by atoms with Gasteiger partial charge in [-0.3, -0.25) is 13.9 Å². The molecule has 32 heteroatoms. The van der Waals surface area contributed by atoms with Crippen molar-refractivity contribution in [3.8, 4) is 0 Å². The second-order valence-electron chi connectivity index (χ2n) is 7.99. The summed E-state index contributed by atoms with van der Waals surface area (Å²) in [7, 11) is 0.500. The maximum atomic E-state index is 14.0. The molecule has 4 nitrogen and oxygen atoms in total. The summed E-state index contributed by atoms with van der Waals surface area (Å²) in [5.41, 5.74) is 0. The quantitative estimate of drug-likeness (QED) is 0.155. The number of rotatable bonds is 15. The summed E-state index contributed by atoms with van der Waals surface area (Å²) < 4.78 is 370. The Morgan fingerprint density at radius 3 is 0.812 bits per heavy atom. The summed E-state index contributed by atoms with van der Waals surface area (Å²) in [5.74, 6) is -41.6. The van der Waals surface area contributed by atoms with E-state index in [0.717, 1.165) is 9.47 Å². The van der Waals surface area contributed by atoms with Crippen molar-refractivity contribution in [1.82, 2.24) is 0 Å². The van der Waals surface area contributed by atoms with Crippen molar-refractivity contribution in [3.63, 3.8) is 0 Å². The molecule has 2 atom stereocenters. The molecule has 0 saturated carbocycles. The van der Waals surface area contributed by atoms with Gasteiger partial charge in [0, 0.05) is 6.92 Å². The second-order valence-corrected chi connectivity index (χ2v) is 7.99. The monoisotopic (exact) mass is 796 g/mol. The number of hydrogen-bond acceptors (Lipinski definition) is 4. The van der Waals surface area contributed by atoms with E-state index in [9.17, 15) is 123 Å². The van der Waals surface area contributed by atoms with Crippen molar-refractivity contribution in [2.24, 2.45) is 0 Å². The molecule has 0 aromatic carbocycles. The SMILES string of the molecule is CC(F)(F)C(F)(F)OC(F)(F)C(F)(OC(F)(F)C(F)(F)C(F)(F)C(F)(F)OC(F)(C(F)(F)F)C(F)(F)OC(F)(F)CF)C(F)(F)F.CF. The van der Waals surface area contributed by atoms with Gasteiger partial charge >= 0.3 is 78.5 Å². The van der Waals surface area contributed by atoms with Gasteiger partial charge in [0.1, 0.15) is 0 Å². The van der Waals surface area contributed by atoms with Crippen LogP contribution in [-0.2, 0) is 18.9 Å². The second kappa shape index (κ2) is 13.2. The lowest BCUT2D eigenvalue weighted by Gasteiger charge is -2.42. The molecule has 0 aliphatic rings. The van der Waals surface area contributed by atoms with Gasteiger partial charge in [-0.25, -0.2) is 13.9 Å². The first-order valence-corrected chi connectivity index (χ1v) is 10.0. The average molecular weight is 796 g/mol. The Hall–Kier alpha value is -2.12. The molecule has 48 heavy (non-hydrogen) atoms. The normalized spacial score (nSPS) is 18.1. The molecule has 2 unspecified atom stereocenters. The maximum Gasteiger partial charge on any atom is 0.458 e. The van der Waals surface area contributed by atoms with Crippen molar-refractivity contribution >= 4 is 0 Å². The first-order chi connectivity index (χ1) is 20.4. The molecule has 0 aromatic rings. The molecular weight excluding hydrogens is 788 g/mol. The molecule has 0 spiro atoms. The van der Waals surface area contributed by atoms with Gasteiger partial charge in [-0.1, -0.05) is 0 Å². The summed E-state index contributed by atoms with van der Waals surface area (Å²) in [4.78, 5) is 0. The lowest BCUT2D eigenvalue weighted by molar-refractivity contribution is -0.573. The Bertz CT molecular complexity index is 1060. The minimum atomic E-state index is -9.18. The highest BCUT2D eigenvalue weighted by Gasteiger charge is 2.90. The molecule has 0 saturated heterocycles. The number of ether oxygens (including phenoxy) is 4. The zero-order chi connectivity index (χ0) is 40.0. The summed E-state index contributed by atoms with van der Waals surface area (Å²) in [5, 5.41) is 0. The van der Waals surface area contributed by atoms with Gasteiger partial charge in [0.2, 0.25) is 0 Å². The minimum Gasteiger partial charge on any atom is -0.262 e. The Morgan fingerprint density at radius 1 is 0.354 bits per heavy atom. The van der Waals surface area contributed by atoms with Crippen LogP contribution >= 0.6 is 0 Å². The Balaban J connectivity index is 0. The Kier molecular flexibility index (Phi) is 13.2. The van der Waals surface area contributed by atoms with Crippen molar-refractivity contribution in [1.29, 1.82) is 0 Å².